The van der Waals surface area contributed by atoms with Crippen LogP contribution in [0.4, 0.5) is 0 Å². The molecular formula is C16H12O3S. The number of hydrogen-bond donors (Lipinski definition) is 0. The Morgan fingerprint density at radius 2 is 1.75 bits per heavy atom. The monoisotopic (exact) mass is 284 g/mol. The van der Waals surface area contributed by atoms with E-state index in [1.54, 1.807) is 42.1 Å². The van der Waals surface area contributed by atoms with Crippen molar-refractivity contribution in [2.24, 2.45) is 0 Å². The minimum atomic E-state index is -0.224. The smallest absolute Gasteiger partial charge is 0.229 e. The molecule has 0 spiro atoms. The van der Waals surface area contributed by atoms with Crippen LogP contribution < -0.4 is 0 Å². The molecule has 100 valence electrons. The van der Waals surface area contributed by atoms with E-state index in [2.05, 4.69) is 0 Å². The van der Waals surface area contributed by atoms with Gasteiger partial charge in [-0.3, -0.25) is 9.59 Å². The summed E-state index contributed by atoms with van der Waals surface area (Å²) in [4.78, 5) is 24.8. The minimum Gasteiger partial charge on any atom is -0.452 e. The number of ketones is 2. The van der Waals surface area contributed by atoms with E-state index in [0.717, 1.165) is 5.57 Å². The van der Waals surface area contributed by atoms with Crippen molar-refractivity contribution in [1.29, 1.82) is 0 Å². The average molecular weight is 284 g/mol. The highest BCUT2D eigenvalue weighted by Gasteiger charge is 2.33. The van der Waals surface area contributed by atoms with Gasteiger partial charge in [-0.25, -0.2) is 0 Å². The van der Waals surface area contributed by atoms with Crippen LogP contribution in [0.5, 0.6) is 0 Å². The first-order chi connectivity index (χ1) is 9.63. The third kappa shape index (κ3) is 1.84. The number of furan rings is 1. The van der Waals surface area contributed by atoms with Crippen LogP contribution in [0.3, 0.4) is 0 Å². The normalized spacial score (nSPS) is 14.2. The van der Waals surface area contributed by atoms with Crippen molar-refractivity contribution in [2.75, 3.05) is 6.26 Å². The highest BCUT2D eigenvalue weighted by atomic mass is 32.2. The van der Waals surface area contributed by atoms with Gasteiger partial charge in [-0.05, 0) is 30.2 Å². The Labute approximate surface area is 120 Å². The number of allylic oxidation sites excluding steroid dienone is 1. The summed E-state index contributed by atoms with van der Waals surface area (Å²) in [6, 6.07) is 8.50. The minimum absolute atomic E-state index is 0.151. The van der Waals surface area contributed by atoms with Gasteiger partial charge in [-0.1, -0.05) is 24.3 Å². The fraction of sp³-hybridized carbons (Fsp3) is 0.125. The summed E-state index contributed by atoms with van der Waals surface area (Å²) in [7, 11) is 0. The zero-order valence-corrected chi connectivity index (χ0v) is 11.9. The first-order valence-corrected chi connectivity index (χ1v) is 7.44. The molecule has 1 heterocycles. The molecule has 0 atom stereocenters. The lowest BCUT2D eigenvalue weighted by molar-refractivity contribution is 0.0960. The largest absolute Gasteiger partial charge is 0.452 e. The molecule has 0 radical (unpaired) electrons. The second-order valence-electron chi connectivity index (χ2n) is 4.59. The van der Waals surface area contributed by atoms with Crippen LogP contribution in [0.25, 0.3) is 5.57 Å². The lowest BCUT2D eigenvalue weighted by atomic mass is 9.88. The molecule has 0 bridgehead atoms. The molecule has 0 saturated carbocycles. The summed E-state index contributed by atoms with van der Waals surface area (Å²) in [5.41, 5.74) is 2.12. The maximum absolute atomic E-state index is 12.4. The molecule has 0 fully saturated rings. The Bertz CT molecular complexity index is 700. The number of thioether (sulfide) groups is 1. The zero-order chi connectivity index (χ0) is 14.3. The first kappa shape index (κ1) is 12.9. The van der Waals surface area contributed by atoms with Gasteiger partial charge in [0.05, 0.1) is 5.56 Å². The molecule has 1 aliphatic rings. The number of fused-ring (bicyclic) bond motifs is 2. The van der Waals surface area contributed by atoms with Crippen molar-refractivity contribution in [3.8, 4) is 0 Å². The summed E-state index contributed by atoms with van der Waals surface area (Å²) >= 11 is 1.55. The molecule has 1 aromatic carbocycles. The molecule has 0 aliphatic heterocycles. The van der Waals surface area contributed by atoms with Crippen molar-refractivity contribution in [3.05, 3.63) is 64.0 Å². The number of benzene rings is 1. The second-order valence-corrected chi connectivity index (χ2v) is 5.30. The van der Waals surface area contributed by atoms with Gasteiger partial charge < -0.3 is 4.42 Å². The molecule has 0 N–H and O–H groups in total. The standard InChI is InChI=1S/C16H12O3S/c1-9(8-20-2)13-7-12-14(17)10-5-3-4-6-11(10)15(18)16(12)19-13/h3-8H,1-2H3/b9-8+. The maximum atomic E-state index is 12.4. The number of rotatable bonds is 2. The van der Waals surface area contributed by atoms with E-state index >= 15 is 0 Å². The molecule has 3 rings (SSSR count). The fourth-order valence-corrected chi connectivity index (χ4v) is 2.77. The highest BCUT2D eigenvalue weighted by molar-refractivity contribution is 8.01. The average Bonchev–Trinajstić information content (AvgIpc) is 2.91. The predicted octanol–water partition coefficient (Wildman–Crippen LogP) is 3.78. The molecule has 4 heteroatoms. The van der Waals surface area contributed by atoms with Crippen LogP contribution >= 0.6 is 11.8 Å². The van der Waals surface area contributed by atoms with Gasteiger partial charge in [-0.15, -0.1) is 11.8 Å². The molecule has 0 saturated heterocycles. The van der Waals surface area contributed by atoms with Crippen molar-refractivity contribution in [3.63, 3.8) is 0 Å². The van der Waals surface area contributed by atoms with Gasteiger partial charge in [0.1, 0.15) is 5.76 Å². The van der Waals surface area contributed by atoms with Crippen LogP contribution in [0.2, 0.25) is 0 Å². The third-order valence-electron chi connectivity index (χ3n) is 3.28. The maximum Gasteiger partial charge on any atom is 0.229 e. The number of carbonyl (C=O) groups excluding carboxylic acids is 2. The third-order valence-corrected chi connectivity index (χ3v) is 3.87. The SMILES string of the molecule is CS/C=C(\C)c1cc2c(o1)C(=O)c1ccccc1C2=O. The van der Waals surface area contributed by atoms with E-state index in [1.165, 1.54) is 0 Å². The zero-order valence-electron chi connectivity index (χ0n) is 11.1. The summed E-state index contributed by atoms with van der Waals surface area (Å²) in [6.45, 7) is 1.89. The predicted molar refractivity (Wildman–Crippen MR) is 79.2 cm³/mol. The summed E-state index contributed by atoms with van der Waals surface area (Å²) in [5, 5.41) is 1.92. The Balaban J connectivity index is 2.17. The van der Waals surface area contributed by atoms with E-state index in [-0.39, 0.29) is 17.3 Å². The molecule has 2 aromatic rings. The van der Waals surface area contributed by atoms with Gasteiger partial charge >= 0.3 is 0 Å². The molecular weight excluding hydrogens is 272 g/mol. The van der Waals surface area contributed by atoms with Crippen LogP contribution in [-0.4, -0.2) is 17.8 Å². The van der Waals surface area contributed by atoms with Crippen LogP contribution in [0.1, 0.15) is 44.7 Å². The molecule has 0 unspecified atom stereocenters. The molecule has 1 aromatic heterocycles. The number of hydrogen-bond acceptors (Lipinski definition) is 4. The lowest BCUT2D eigenvalue weighted by Crippen LogP contribution is -2.18. The van der Waals surface area contributed by atoms with Crippen molar-refractivity contribution in [1.82, 2.24) is 0 Å². The Hall–Kier alpha value is -2.07. The fourth-order valence-electron chi connectivity index (χ4n) is 2.30. The lowest BCUT2D eigenvalue weighted by Gasteiger charge is -2.11. The van der Waals surface area contributed by atoms with Crippen LogP contribution in [-0.2, 0) is 0 Å². The quantitative estimate of drug-likeness (QED) is 0.718. The van der Waals surface area contributed by atoms with E-state index < -0.39 is 0 Å². The van der Waals surface area contributed by atoms with Crippen molar-refractivity contribution >= 4 is 28.9 Å². The summed E-state index contributed by atoms with van der Waals surface area (Å²) in [5.74, 6) is 0.344. The Morgan fingerprint density at radius 1 is 1.10 bits per heavy atom. The molecule has 0 amide bonds. The Morgan fingerprint density at radius 3 is 2.40 bits per heavy atom. The van der Waals surface area contributed by atoms with Gasteiger partial charge in [0.15, 0.2) is 11.5 Å². The van der Waals surface area contributed by atoms with Crippen molar-refractivity contribution < 1.29 is 14.0 Å². The summed E-state index contributed by atoms with van der Waals surface area (Å²) in [6.07, 6.45) is 1.94. The first-order valence-electron chi connectivity index (χ1n) is 6.15. The van der Waals surface area contributed by atoms with E-state index in [4.69, 9.17) is 4.42 Å². The Kier molecular flexibility index (Phi) is 3.10. The van der Waals surface area contributed by atoms with Crippen LogP contribution in [0.15, 0.2) is 40.2 Å². The van der Waals surface area contributed by atoms with Gasteiger partial charge in [0.25, 0.3) is 0 Å². The van der Waals surface area contributed by atoms with Gasteiger partial charge in [0.2, 0.25) is 5.78 Å². The van der Waals surface area contributed by atoms with Gasteiger partial charge in [0, 0.05) is 11.1 Å². The highest BCUT2D eigenvalue weighted by Crippen LogP contribution is 2.32. The van der Waals surface area contributed by atoms with Crippen molar-refractivity contribution in [2.45, 2.75) is 6.92 Å². The van der Waals surface area contributed by atoms with E-state index in [9.17, 15) is 9.59 Å². The molecule has 1 aliphatic carbocycles. The van der Waals surface area contributed by atoms with Crippen LogP contribution in [0, 0.1) is 0 Å². The summed E-state index contributed by atoms with van der Waals surface area (Å²) < 4.78 is 5.61. The van der Waals surface area contributed by atoms with E-state index in [1.807, 2.05) is 18.6 Å². The topological polar surface area (TPSA) is 47.3 Å². The molecule has 20 heavy (non-hydrogen) atoms. The molecule has 3 nitrogen and oxygen atoms in total. The second kappa shape index (κ2) is 4.80. The van der Waals surface area contributed by atoms with Gasteiger partial charge in [-0.2, -0.15) is 0 Å². The van der Waals surface area contributed by atoms with E-state index in [0.29, 0.717) is 22.5 Å². The number of carbonyl (C=O) groups is 2.